The third-order valence-corrected chi connectivity index (χ3v) is 4.14. The molecule has 27 heavy (non-hydrogen) atoms. The quantitative estimate of drug-likeness (QED) is 0.402. The molecular formula is C22H36N4S. The Morgan fingerprint density at radius 3 is 2.22 bits per heavy atom. The van der Waals surface area contributed by atoms with Gasteiger partial charge in [-0.1, -0.05) is 25.1 Å². The van der Waals surface area contributed by atoms with E-state index in [-0.39, 0.29) is 0 Å². The number of anilines is 1. The number of nitrogens with one attached hydrogen (secondary N) is 1. The summed E-state index contributed by atoms with van der Waals surface area (Å²) in [7, 11) is 1.81. The van der Waals surface area contributed by atoms with Crippen molar-refractivity contribution in [3.05, 3.63) is 54.4 Å². The zero-order valence-corrected chi connectivity index (χ0v) is 18.3. The van der Waals surface area contributed by atoms with Gasteiger partial charge in [-0.05, 0) is 57.5 Å². The third-order valence-electron chi connectivity index (χ3n) is 4.00. The Morgan fingerprint density at radius 1 is 1.26 bits per heavy atom. The van der Waals surface area contributed by atoms with Crippen molar-refractivity contribution in [2.75, 3.05) is 30.9 Å². The van der Waals surface area contributed by atoms with Crippen molar-refractivity contribution in [3.63, 3.8) is 0 Å². The minimum absolute atomic E-state index is 0.488. The van der Waals surface area contributed by atoms with Crippen LogP contribution in [0, 0.1) is 0 Å². The highest BCUT2D eigenvalue weighted by Gasteiger charge is 2.11. The number of allylic oxidation sites excluding steroid dienone is 2. The summed E-state index contributed by atoms with van der Waals surface area (Å²) < 4.78 is 0. The van der Waals surface area contributed by atoms with Crippen molar-refractivity contribution in [1.82, 2.24) is 5.32 Å². The SMILES string of the molecule is C=CC.C=N/C=C(NC)\C(C)=N/CS.CCc1ccc(N2CCCC2)cc1. The fourth-order valence-electron chi connectivity index (χ4n) is 2.54. The van der Waals surface area contributed by atoms with E-state index in [2.05, 4.69) is 77.3 Å². The molecule has 4 nitrogen and oxygen atoms in total. The smallest absolute Gasteiger partial charge is 0.0818 e. The molecule has 1 aromatic rings. The number of rotatable bonds is 6. The van der Waals surface area contributed by atoms with E-state index < -0.39 is 0 Å². The first-order valence-electron chi connectivity index (χ1n) is 9.44. The Morgan fingerprint density at radius 2 is 1.81 bits per heavy atom. The number of thiol groups is 1. The Labute approximate surface area is 171 Å². The van der Waals surface area contributed by atoms with Gasteiger partial charge in [-0.25, -0.2) is 0 Å². The Kier molecular flexibility index (Phi) is 15.0. The van der Waals surface area contributed by atoms with Crippen molar-refractivity contribution >= 4 is 30.7 Å². The second-order valence-electron chi connectivity index (χ2n) is 5.98. The van der Waals surface area contributed by atoms with Crippen LogP contribution in [0.1, 0.15) is 39.2 Å². The fraction of sp³-hybridized carbons (Fsp3) is 0.455. The maximum atomic E-state index is 4.08. The van der Waals surface area contributed by atoms with Gasteiger partial charge in [0.05, 0.1) is 23.5 Å². The topological polar surface area (TPSA) is 40.0 Å². The lowest BCUT2D eigenvalue weighted by Gasteiger charge is -2.17. The van der Waals surface area contributed by atoms with Crippen LogP contribution in [0.5, 0.6) is 0 Å². The first-order chi connectivity index (χ1) is 13.1. The predicted octanol–water partition coefficient (Wildman–Crippen LogP) is 5.14. The molecule has 2 rings (SSSR count). The van der Waals surface area contributed by atoms with Crippen molar-refractivity contribution in [1.29, 1.82) is 0 Å². The molecule has 0 radical (unpaired) electrons. The molecule has 1 heterocycles. The maximum Gasteiger partial charge on any atom is 0.0818 e. The Hall–Kier alpha value is -2.01. The molecule has 0 aliphatic carbocycles. The van der Waals surface area contributed by atoms with Gasteiger partial charge in [-0.3, -0.25) is 9.98 Å². The molecule has 0 saturated carbocycles. The number of aliphatic imine (C=N–C) groups is 2. The Bertz CT molecular complexity index is 585. The number of hydrogen-bond donors (Lipinski definition) is 2. The van der Waals surface area contributed by atoms with Crippen LogP contribution < -0.4 is 10.2 Å². The first kappa shape index (κ1) is 25.0. The van der Waals surface area contributed by atoms with E-state index in [1.54, 1.807) is 12.3 Å². The highest BCUT2D eigenvalue weighted by Crippen LogP contribution is 2.20. The van der Waals surface area contributed by atoms with Gasteiger partial charge in [0, 0.05) is 25.8 Å². The molecular weight excluding hydrogens is 352 g/mol. The van der Waals surface area contributed by atoms with Gasteiger partial charge in [0.2, 0.25) is 0 Å². The average molecular weight is 389 g/mol. The van der Waals surface area contributed by atoms with Gasteiger partial charge in [0.1, 0.15) is 0 Å². The van der Waals surface area contributed by atoms with Gasteiger partial charge >= 0.3 is 0 Å². The average Bonchev–Trinajstić information content (AvgIpc) is 3.22. The molecule has 0 bridgehead atoms. The zero-order valence-electron chi connectivity index (χ0n) is 17.4. The van der Waals surface area contributed by atoms with Crippen LogP contribution in [-0.2, 0) is 6.42 Å². The summed E-state index contributed by atoms with van der Waals surface area (Å²) >= 11 is 3.97. The molecule has 0 atom stereocenters. The molecule has 0 aromatic heterocycles. The number of aryl methyl sites for hydroxylation is 1. The maximum absolute atomic E-state index is 4.08. The second-order valence-corrected chi connectivity index (χ2v) is 6.27. The number of hydrogen-bond acceptors (Lipinski definition) is 5. The molecule has 0 amide bonds. The van der Waals surface area contributed by atoms with Crippen LogP contribution in [-0.4, -0.2) is 38.4 Å². The van der Waals surface area contributed by atoms with Crippen molar-refractivity contribution in [2.24, 2.45) is 9.98 Å². The number of nitrogens with zero attached hydrogens (tertiary/aromatic N) is 3. The largest absolute Gasteiger partial charge is 0.385 e. The van der Waals surface area contributed by atoms with E-state index >= 15 is 0 Å². The van der Waals surface area contributed by atoms with E-state index in [0.717, 1.165) is 17.8 Å². The van der Waals surface area contributed by atoms with Crippen LogP contribution in [0.2, 0.25) is 0 Å². The first-order valence-corrected chi connectivity index (χ1v) is 10.1. The minimum atomic E-state index is 0.488. The molecule has 1 N–H and O–H groups in total. The van der Waals surface area contributed by atoms with Crippen molar-refractivity contribution in [3.8, 4) is 0 Å². The summed E-state index contributed by atoms with van der Waals surface area (Å²) in [5.74, 6) is 0.488. The summed E-state index contributed by atoms with van der Waals surface area (Å²) in [6.45, 7) is 15.2. The molecule has 0 spiro atoms. The van der Waals surface area contributed by atoms with Gasteiger partial charge in [-0.15, -0.1) is 6.58 Å². The highest BCUT2D eigenvalue weighted by molar-refractivity contribution is 7.80. The highest BCUT2D eigenvalue weighted by atomic mass is 32.1. The van der Waals surface area contributed by atoms with Crippen LogP contribution in [0.3, 0.4) is 0 Å². The van der Waals surface area contributed by atoms with E-state index in [1.165, 1.54) is 37.2 Å². The molecule has 1 aliphatic heterocycles. The van der Waals surface area contributed by atoms with Gasteiger partial charge < -0.3 is 10.2 Å². The summed E-state index contributed by atoms with van der Waals surface area (Å²) in [5, 5.41) is 2.95. The van der Waals surface area contributed by atoms with Crippen LogP contribution in [0.25, 0.3) is 0 Å². The van der Waals surface area contributed by atoms with E-state index in [1.807, 2.05) is 20.9 Å². The molecule has 1 aromatic carbocycles. The van der Waals surface area contributed by atoms with Crippen molar-refractivity contribution < 1.29 is 0 Å². The van der Waals surface area contributed by atoms with Crippen molar-refractivity contribution in [2.45, 2.75) is 40.0 Å². The third kappa shape index (κ3) is 10.7. The minimum Gasteiger partial charge on any atom is -0.385 e. The zero-order chi connectivity index (χ0) is 20.5. The lowest BCUT2D eigenvalue weighted by molar-refractivity contribution is 0.949. The monoisotopic (exact) mass is 388 g/mol. The second kappa shape index (κ2) is 16.2. The lowest BCUT2D eigenvalue weighted by atomic mass is 10.1. The molecule has 1 fully saturated rings. The summed E-state index contributed by atoms with van der Waals surface area (Å²) in [4.78, 5) is 10.2. The van der Waals surface area contributed by atoms with E-state index in [0.29, 0.717) is 5.88 Å². The Balaban J connectivity index is 0.000000444. The van der Waals surface area contributed by atoms with E-state index in [9.17, 15) is 0 Å². The van der Waals surface area contributed by atoms with Gasteiger partial charge in [0.25, 0.3) is 0 Å². The fourth-order valence-corrected chi connectivity index (χ4v) is 2.75. The summed E-state index contributed by atoms with van der Waals surface area (Å²) in [6, 6.07) is 9.00. The lowest BCUT2D eigenvalue weighted by Crippen LogP contribution is -2.17. The molecule has 150 valence electrons. The number of benzene rings is 1. The molecule has 1 aliphatic rings. The van der Waals surface area contributed by atoms with Gasteiger partial charge in [0.15, 0.2) is 0 Å². The van der Waals surface area contributed by atoms with Crippen LogP contribution >= 0.6 is 12.6 Å². The molecule has 0 unspecified atom stereocenters. The van der Waals surface area contributed by atoms with Crippen LogP contribution in [0.4, 0.5) is 5.69 Å². The van der Waals surface area contributed by atoms with E-state index in [4.69, 9.17) is 0 Å². The summed E-state index contributed by atoms with van der Waals surface area (Å²) in [6.07, 6.45) is 7.23. The summed E-state index contributed by atoms with van der Waals surface area (Å²) in [5.41, 5.74) is 4.58. The predicted molar refractivity (Wildman–Crippen MR) is 127 cm³/mol. The standard InChI is InChI=1S/C12H17N.C7H13N3S.C3H6/c1-2-11-5-7-12(8-6-11)13-9-3-4-10-13;1-6(10-5-11)7(9-3)4-8-2;1-3-2/h5-8H,2-4,9-10H2,1H3;4,9,11H,2,5H2,1,3H3;3H,1H2,2H3/b;7-4+,10-6-;. The van der Waals surface area contributed by atoms with Gasteiger partial charge in [-0.2, -0.15) is 12.6 Å². The normalized spacial score (nSPS) is 13.7. The van der Waals surface area contributed by atoms with Crippen LogP contribution in [0.15, 0.2) is 58.8 Å². The molecule has 1 saturated heterocycles. The molecule has 5 heteroatoms.